The van der Waals surface area contributed by atoms with E-state index in [0.29, 0.717) is 5.52 Å². The molecule has 72 valence electrons. The Labute approximate surface area is 78.0 Å². The number of H-pyrrole nitrogens is 1. The highest BCUT2D eigenvalue weighted by atomic mass is 19.1. The molecule has 0 atom stereocenters. The van der Waals surface area contributed by atoms with Gasteiger partial charge in [0.25, 0.3) is 5.56 Å². The van der Waals surface area contributed by atoms with E-state index in [1.54, 1.807) is 6.07 Å². The summed E-state index contributed by atoms with van der Waals surface area (Å²) in [4.78, 5) is 17.0. The van der Waals surface area contributed by atoms with Crippen molar-refractivity contribution >= 4 is 11.0 Å². The summed E-state index contributed by atoms with van der Waals surface area (Å²) in [5.74, 6) is -0.629. The Morgan fingerprint density at radius 2 is 2.29 bits per heavy atom. The third kappa shape index (κ3) is 1.27. The molecule has 1 aromatic heterocycles. The monoisotopic (exact) mass is 194 g/mol. The van der Waals surface area contributed by atoms with Gasteiger partial charge in [-0.1, -0.05) is 6.07 Å². The second-order valence-corrected chi connectivity index (χ2v) is 2.84. The summed E-state index contributed by atoms with van der Waals surface area (Å²) in [5, 5.41) is 8.79. The van der Waals surface area contributed by atoms with Crippen molar-refractivity contribution in [2.24, 2.45) is 0 Å². The Morgan fingerprint density at radius 1 is 1.50 bits per heavy atom. The second kappa shape index (κ2) is 3.19. The lowest BCUT2D eigenvalue weighted by molar-refractivity contribution is 0.276. The van der Waals surface area contributed by atoms with Gasteiger partial charge in [-0.15, -0.1) is 0 Å². The second-order valence-electron chi connectivity index (χ2n) is 2.84. The van der Waals surface area contributed by atoms with Crippen LogP contribution in [0, 0.1) is 5.82 Å². The lowest BCUT2D eigenvalue weighted by Gasteiger charge is -2.01. The SMILES string of the molecule is O=c1cnc2ccc(CO)c(F)c2[nH]1. The van der Waals surface area contributed by atoms with E-state index in [4.69, 9.17) is 5.11 Å². The van der Waals surface area contributed by atoms with Crippen LogP contribution in [0.4, 0.5) is 4.39 Å². The fraction of sp³-hybridized carbons (Fsp3) is 0.111. The van der Waals surface area contributed by atoms with Crippen LogP contribution in [-0.4, -0.2) is 15.1 Å². The number of hydrogen-bond donors (Lipinski definition) is 2. The molecule has 2 N–H and O–H groups in total. The van der Waals surface area contributed by atoms with Gasteiger partial charge in [-0.05, 0) is 6.07 Å². The van der Waals surface area contributed by atoms with Crippen molar-refractivity contribution < 1.29 is 9.50 Å². The highest BCUT2D eigenvalue weighted by molar-refractivity contribution is 5.75. The summed E-state index contributed by atoms with van der Waals surface area (Å²) in [7, 11) is 0. The predicted octanol–water partition coefficient (Wildman–Crippen LogP) is 0.554. The van der Waals surface area contributed by atoms with Gasteiger partial charge in [-0.2, -0.15) is 0 Å². The number of aromatic amines is 1. The lowest BCUT2D eigenvalue weighted by Crippen LogP contribution is -2.07. The number of nitrogens with one attached hydrogen (secondary N) is 1. The first kappa shape index (κ1) is 8.83. The van der Waals surface area contributed by atoms with Gasteiger partial charge >= 0.3 is 0 Å². The minimum absolute atomic E-state index is 0.0315. The number of aliphatic hydroxyl groups excluding tert-OH is 1. The zero-order chi connectivity index (χ0) is 10.1. The van der Waals surface area contributed by atoms with Gasteiger partial charge in [-0.3, -0.25) is 4.79 Å². The molecule has 2 rings (SSSR count). The molecule has 0 unspecified atom stereocenters. The van der Waals surface area contributed by atoms with E-state index in [1.807, 2.05) is 0 Å². The molecule has 0 radical (unpaired) electrons. The predicted molar refractivity (Wildman–Crippen MR) is 48.2 cm³/mol. The zero-order valence-electron chi connectivity index (χ0n) is 7.12. The Kier molecular flexibility index (Phi) is 2.01. The van der Waals surface area contributed by atoms with Crippen LogP contribution in [0.3, 0.4) is 0 Å². The summed E-state index contributed by atoms with van der Waals surface area (Å²) >= 11 is 0. The van der Waals surface area contributed by atoms with Crippen LogP contribution < -0.4 is 5.56 Å². The molecule has 0 amide bonds. The number of aromatic nitrogens is 2. The van der Waals surface area contributed by atoms with Crippen LogP contribution in [0.15, 0.2) is 23.1 Å². The van der Waals surface area contributed by atoms with Crippen molar-refractivity contribution in [1.82, 2.24) is 9.97 Å². The summed E-state index contributed by atoms with van der Waals surface area (Å²) in [6.45, 7) is -0.404. The lowest BCUT2D eigenvalue weighted by atomic mass is 10.2. The highest BCUT2D eigenvalue weighted by Gasteiger charge is 2.07. The van der Waals surface area contributed by atoms with Gasteiger partial charge < -0.3 is 10.1 Å². The van der Waals surface area contributed by atoms with Gasteiger partial charge in [0, 0.05) is 5.56 Å². The van der Waals surface area contributed by atoms with Crippen molar-refractivity contribution in [1.29, 1.82) is 0 Å². The van der Waals surface area contributed by atoms with Crippen LogP contribution in [-0.2, 0) is 6.61 Å². The minimum Gasteiger partial charge on any atom is -0.392 e. The molecule has 5 heteroatoms. The molecule has 14 heavy (non-hydrogen) atoms. The van der Waals surface area contributed by atoms with Crippen molar-refractivity contribution in [2.75, 3.05) is 0 Å². The van der Waals surface area contributed by atoms with Gasteiger partial charge in [0.05, 0.1) is 18.3 Å². The highest BCUT2D eigenvalue weighted by Crippen LogP contribution is 2.15. The first-order valence-electron chi connectivity index (χ1n) is 3.99. The maximum atomic E-state index is 13.5. The maximum absolute atomic E-state index is 13.5. The van der Waals surface area contributed by atoms with Crippen LogP contribution in [0.1, 0.15) is 5.56 Å². The molecule has 0 spiro atoms. The number of nitrogens with zero attached hydrogens (tertiary/aromatic N) is 1. The Bertz CT molecular complexity index is 536. The van der Waals surface area contributed by atoms with Crippen molar-refractivity contribution in [3.8, 4) is 0 Å². The van der Waals surface area contributed by atoms with Gasteiger partial charge in [0.15, 0.2) is 5.82 Å². The molecule has 2 aromatic rings. The third-order valence-corrected chi connectivity index (χ3v) is 1.94. The van der Waals surface area contributed by atoms with Crippen molar-refractivity contribution in [3.05, 3.63) is 40.1 Å². The van der Waals surface area contributed by atoms with Crippen LogP contribution in [0.5, 0.6) is 0 Å². The average Bonchev–Trinajstić information content (AvgIpc) is 2.20. The molecule has 4 nitrogen and oxygen atoms in total. The fourth-order valence-electron chi connectivity index (χ4n) is 1.24. The van der Waals surface area contributed by atoms with Crippen LogP contribution in [0.2, 0.25) is 0 Å². The molecule has 1 heterocycles. The summed E-state index contributed by atoms with van der Waals surface area (Å²) in [5.41, 5.74) is 0.0657. The molecule has 1 aromatic carbocycles. The molecule has 0 saturated heterocycles. The molecule has 0 bridgehead atoms. The molecule has 0 aliphatic carbocycles. The van der Waals surface area contributed by atoms with Crippen LogP contribution >= 0.6 is 0 Å². The number of fused-ring (bicyclic) bond motifs is 1. The largest absolute Gasteiger partial charge is 0.392 e. The van der Waals surface area contributed by atoms with Gasteiger partial charge in [0.2, 0.25) is 0 Å². The van der Waals surface area contributed by atoms with Crippen LogP contribution in [0.25, 0.3) is 11.0 Å². The topological polar surface area (TPSA) is 66.0 Å². The number of hydrogen-bond acceptors (Lipinski definition) is 3. The Hall–Kier alpha value is -1.75. The molecule has 0 fully saturated rings. The number of benzene rings is 1. The summed E-state index contributed by atoms with van der Waals surface area (Å²) < 4.78 is 13.5. The van der Waals surface area contributed by atoms with Crippen molar-refractivity contribution in [3.63, 3.8) is 0 Å². The van der Waals surface area contributed by atoms with E-state index < -0.39 is 18.0 Å². The smallest absolute Gasteiger partial charge is 0.266 e. The van der Waals surface area contributed by atoms with E-state index in [-0.39, 0.29) is 11.1 Å². The van der Waals surface area contributed by atoms with E-state index in [1.165, 1.54) is 6.07 Å². The molecule has 0 saturated carbocycles. The molecular weight excluding hydrogens is 187 g/mol. The van der Waals surface area contributed by atoms with Gasteiger partial charge in [0.1, 0.15) is 5.52 Å². The minimum atomic E-state index is -0.629. The molecular formula is C9H7FN2O2. The number of aliphatic hydroxyl groups is 1. The van der Waals surface area contributed by atoms with E-state index in [0.717, 1.165) is 6.20 Å². The van der Waals surface area contributed by atoms with E-state index in [9.17, 15) is 9.18 Å². The summed E-state index contributed by atoms with van der Waals surface area (Å²) in [6, 6.07) is 2.98. The number of rotatable bonds is 1. The first-order chi connectivity index (χ1) is 6.72. The first-order valence-corrected chi connectivity index (χ1v) is 3.99. The third-order valence-electron chi connectivity index (χ3n) is 1.94. The van der Waals surface area contributed by atoms with E-state index in [2.05, 4.69) is 9.97 Å². The van der Waals surface area contributed by atoms with E-state index >= 15 is 0 Å². The summed E-state index contributed by atoms with van der Waals surface area (Å²) in [6.07, 6.45) is 1.08. The van der Waals surface area contributed by atoms with Crippen molar-refractivity contribution in [2.45, 2.75) is 6.61 Å². The Morgan fingerprint density at radius 3 is 3.00 bits per heavy atom. The number of halogens is 1. The Balaban J connectivity index is 2.86. The normalized spacial score (nSPS) is 10.7. The zero-order valence-corrected chi connectivity index (χ0v) is 7.12. The average molecular weight is 194 g/mol. The molecule has 0 aliphatic rings. The standard InChI is InChI=1S/C9H7FN2O2/c10-8-5(4-13)1-2-6-9(8)12-7(14)3-11-6/h1-3,13H,4H2,(H,12,14). The maximum Gasteiger partial charge on any atom is 0.266 e. The van der Waals surface area contributed by atoms with Gasteiger partial charge in [-0.25, -0.2) is 9.37 Å². The fourth-order valence-corrected chi connectivity index (χ4v) is 1.24. The molecule has 0 aliphatic heterocycles. The quantitative estimate of drug-likeness (QED) is 0.696.